The largest absolute Gasteiger partial charge is 0.479 e. The Hall–Kier alpha value is -3.39. The maximum Gasteiger partial charge on any atom is 0.407 e. The average Bonchev–Trinajstić information content (AvgIpc) is 3.16. The summed E-state index contributed by atoms with van der Waals surface area (Å²) in [6, 6.07) is 16.1. The van der Waals surface area contributed by atoms with Crippen LogP contribution in [0.25, 0.3) is 11.1 Å². The first kappa shape index (κ1) is 26.2. The Morgan fingerprint density at radius 1 is 1.06 bits per heavy atom. The number of aliphatic carboxylic acids is 1. The lowest BCUT2D eigenvalue weighted by atomic mass is 9.97. The Labute approximate surface area is 206 Å². The van der Waals surface area contributed by atoms with Crippen molar-refractivity contribution < 1.29 is 29.0 Å². The van der Waals surface area contributed by atoms with Crippen molar-refractivity contribution in [3.8, 4) is 11.1 Å². The van der Waals surface area contributed by atoms with Crippen LogP contribution in [-0.4, -0.2) is 55.0 Å². The van der Waals surface area contributed by atoms with Crippen LogP contribution >= 0.6 is 0 Å². The van der Waals surface area contributed by atoms with E-state index in [4.69, 9.17) is 9.47 Å². The number of fused-ring (bicyclic) bond motifs is 3. The molecule has 8 nitrogen and oxygen atoms in total. The molecule has 3 rings (SSSR count). The van der Waals surface area contributed by atoms with E-state index in [2.05, 4.69) is 34.9 Å². The molecule has 2 aromatic carbocycles. The van der Waals surface area contributed by atoms with E-state index < -0.39 is 17.6 Å². The molecule has 2 amide bonds. The molecule has 8 heteroatoms. The molecule has 0 aliphatic heterocycles. The van der Waals surface area contributed by atoms with Crippen molar-refractivity contribution in [2.75, 3.05) is 20.3 Å². The number of ether oxygens (including phenoxy) is 2. The van der Waals surface area contributed by atoms with E-state index in [0.29, 0.717) is 12.8 Å². The van der Waals surface area contributed by atoms with E-state index >= 15 is 0 Å². The molecule has 2 unspecified atom stereocenters. The van der Waals surface area contributed by atoms with E-state index in [1.165, 1.54) is 18.2 Å². The number of amides is 2. The highest BCUT2D eigenvalue weighted by atomic mass is 16.5. The summed E-state index contributed by atoms with van der Waals surface area (Å²) < 4.78 is 10.6. The van der Waals surface area contributed by atoms with Gasteiger partial charge in [0.1, 0.15) is 6.61 Å². The number of hydrogen-bond donors (Lipinski definition) is 3. The van der Waals surface area contributed by atoms with Gasteiger partial charge in [-0.05, 0) is 48.4 Å². The number of carboxylic acid groups (broad SMARTS) is 1. The Bertz CT molecular complexity index is 1010. The van der Waals surface area contributed by atoms with E-state index in [1.54, 1.807) is 6.92 Å². The molecular weight excluding hydrogens is 448 g/mol. The molecule has 0 heterocycles. The normalized spacial score (nSPS) is 14.8. The SMILES string of the molecule is CCC(COC)(NC(=O)CCCC(C)NC(=O)OCC1c2ccccc2-c2ccccc21)C(=O)O. The molecule has 1 aliphatic carbocycles. The number of nitrogens with one attached hydrogen (secondary N) is 2. The number of carbonyl (C=O) groups excluding carboxylic acids is 2. The van der Waals surface area contributed by atoms with Gasteiger partial charge in [0.15, 0.2) is 5.54 Å². The molecule has 0 saturated heterocycles. The highest BCUT2D eigenvalue weighted by Gasteiger charge is 2.38. The zero-order valence-corrected chi connectivity index (χ0v) is 20.5. The van der Waals surface area contributed by atoms with Gasteiger partial charge in [-0.25, -0.2) is 9.59 Å². The van der Waals surface area contributed by atoms with Crippen molar-refractivity contribution in [2.45, 2.75) is 57.0 Å². The summed E-state index contributed by atoms with van der Waals surface area (Å²) >= 11 is 0. The van der Waals surface area contributed by atoms with Crippen molar-refractivity contribution >= 4 is 18.0 Å². The molecule has 0 radical (unpaired) electrons. The van der Waals surface area contributed by atoms with E-state index in [1.807, 2.05) is 31.2 Å². The molecule has 188 valence electrons. The van der Waals surface area contributed by atoms with Crippen molar-refractivity contribution in [2.24, 2.45) is 0 Å². The molecule has 0 fully saturated rings. The summed E-state index contributed by atoms with van der Waals surface area (Å²) in [5, 5.41) is 14.9. The van der Waals surface area contributed by atoms with Crippen molar-refractivity contribution in [1.29, 1.82) is 0 Å². The second kappa shape index (κ2) is 11.8. The smallest absolute Gasteiger partial charge is 0.407 e. The summed E-state index contributed by atoms with van der Waals surface area (Å²) in [5.74, 6) is -1.49. The molecule has 3 N–H and O–H groups in total. The molecular formula is C27H34N2O6. The van der Waals surface area contributed by atoms with Crippen LogP contribution in [0, 0.1) is 0 Å². The zero-order valence-electron chi connectivity index (χ0n) is 20.5. The van der Waals surface area contributed by atoms with Gasteiger partial charge in [0.2, 0.25) is 5.91 Å². The van der Waals surface area contributed by atoms with Gasteiger partial charge in [-0.15, -0.1) is 0 Å². The number of alkyl carbamates (subject to hydrolysis) is 1. The number of rotatable bonds is 12. The minimum Gasteiger partial charge on any atom is -0.479 e. The van der Waals surface area contributed by atoms with Crippen LogP contribution in [-0.2, 0) is 19.1 Å². The Morgan fingerprint density at radius 3 is 2.20 bits per heavy atom. The second-order valence-corrected chi connectivity index (χ2v) is 8.99. The lowest BCUT2D eigenvalue weighted by Crippen LogP contribution is -2.57. The van der Waals surface area contributed by atoms with Crippen LogP contribution in [0.5, 0.6) is 0 Å². The van der Waals surface area contributed by atoms with E-state index in [9.17, 15) is 19.5 Å². The summed E-state index contributed by atoms with van der Waals surface area (Å²) in [6.45, 7) is 3.67. The third kappa shape index (κ3) is 6.19. The highest BCUT2D eigenvalue weighted by molar-refractivity contribution is 5.87. The minimum atomic E-state index is -1.43. The van der Waals surface area contributed by atoms with Gasteiger partial charge in [0.05, 0.1) is 6.61 Å². The van der Waals surface area contributed by atoms with Gasteiger partial charge in [-0.1, -0.05) is 55.5 Å². The third-order valence-electron chi connectivity index (χ3n) is 6.53. The molecule has 0 spiro atoms. The predicted molar refractivity (Wildman–Crippen MR) is 132 cm³/mol. The average molecular weight is 483 g/mol. The first-order valence-corrected chi connectivity index (χ1v) is 12.0. The van der Waals surface area contributed by atoms with Crippen LogP contribution in [0.3, 0.4) is 0 Å². The fourth-order valence-corrected chi connectivity index (χ4v) is 4.55. The van der Waals surface area contributed by atoms with Gasteiger partial charge in [0.25, 0.3) is 0 Å². The Kier molecular flexibility index (Phi) is 8.87. The lowest BCUT2D eigenvalue weighted by molar-refractivity contribution is -0.150. The van der Waals surface area contributed by atoms with Crippen molar-refractivity contribution in [3.63, 3.8) is 0 Å². The van der Waals surface area contributed by atoms with Gasteiger partial charge in [-0.3, -0.25) is 4.79 Å². The molecule has 1 aliphatic rings. The van der Waals surface area contributed by atoms with E-state index in [-0.39, 0.29) is 43.9 Å². The fourth-order valence-electron chi connectivity index (χ4n) is 4.55. The monoisotopic (exact) mass is 482 g/mol. The molecule has 0 aromatic heterocycles. The lowest BCUT2D eigenvalue weighted by Gasteiger charge is -2.28. The predicted octanol–water partition coefficient (Wildman–Crippen LogP) is 4.08. The zero-order chi connectivity index (χ0) is 25.4. The number of carboxylic acids is 1. The minimum absolute atomic E-state index is 0.00711. The number of hydrogen-bond acceptors (Lipinski definition) is 5. The Balaban J connectivity index is 1.44. The molecule has 2 aromatic rings. The maximum absolute atomic E-state index is 12.4. The maximum atomic E-state index is 12.4. The molecule has 2 atom stereocenters. The standard InChI is InChI=1S/C27H34N2O6/c1-4-27(17-34-3,25(31)32)29-24(30)15-9-10-18(2)28-26(33)35-16-23-21-13-7-5-11-19(21)20-12-6-8-14-22(20)23/h5-8,11-14,18,23H,4,9-10,15-17H2,1-3H3,(H,28,33)(H,29,30)(H,31,32). The summed E-state index contributed by atoms with van der Waals surface area (Å²) in [7, 11) is 1.40. The number of benzene rings is 2. The van der Waals surface area contributed by atoms with Crippen LogP contribution < -0.4 is 10.6 Å². The van der Waals surface area contributed by atoms with Crippen molar-refractivity contribution in [1.82, 2.24) is 10.6 Å². The Morgan fingerprint density at radius 2 is 1.66 bits per heavy atom. The van der Waals surface area contributed by atoms with Gasteiger partial charge >= 0.3 is 12.1 Å². The first-order valence-electron chi connectivity index (χ1n) is 12.0. The van der Waals surface area contributed by atoms with Crippen LogP contribution in [0.2, 0.25) is 0 Å². The summed E-state index contributed by atoms with van der Waals surface area (Å²) in [4.78, 5) is 36.3. The van der Waals surface area contributed by atoms with Crippen LogP contribution in [0.15, 0.2) is 48.5 Å². The summed E-state index contributed by atoms with van der Waals surface area (Å²) in [5.41, 5.74) is 3.21. The molecule has 0 saturated carbocycles. The molecule has 35 heavy (non-hydrogen) atoms. The van der Waals surface area contributed by atoms with E-state index in [0.717, 1.165) is 11.1 Å². The second-order valence-electron chi connectivity index (χ2n) is 8.99. The highest BCUT2D eigenvalue weighted by Crippen LogP contribution is 2.44. The van der Waals surface area contributed by atoms with Crippen molar-refractivity contribution in [3.05, 3.63) is 59.7 Å². The first-order chi connectivity index (χ1) is 16.8. The molecule has 0 bridgehead atoms. The topological polar surface area (TPSA) is 114 Å². The van der Waals surface area contributed by atoms with Crippen LogP contribution in [0.1, 0.15) is 56.6 Å². The third-order valence-corrected chi connectivity index (χ3v) is 6.53. The number of carbonyl (C=O) groups is 3. The fraction of sp³-hybridized carbons (Fsp3) is 0.444. The quantitative estimate of drug-likeness (QED) is 0.420. The van der Waals surface area contributed by atoms with Crippen LogP contribution in [0.4, 0.5) is 4.79 Å². The van der Waals surface area contributed by atoms with Gasteiger partial charge in [-0.2, -0.15) is 0 Å². The van der Waals surface area contributed by atoms with Gasteiger partial charge in [0, 0.05) is 25.5 Å². The summed E-state index contributed by atoms with van der Waals surface area (Å²) in [6.07, 6.45) is 0.897. The van der Waals surface area contributed by atoms with Gasteiger partial charge < -0.3 is 25.2 Å². The number of methoxy groups -OCH3 is 1.